The Bertz CT molecular complexity index is 1540. The lowest BCUT2D eigenvalue weighted by molar-refractivity contribution is -0.147. The number of aryl methyl sites for hydroxylation is 1. The Morgan fingerprint density at radius 1 is 0.975 bits per heavy atom. The molecule has 2 aromatic heterocycles. The maximum atomic E-state index is 13.2. The van der Waals surface area contributed by atoms with Gasteiger partial charge in [-0.3, -0.25) is 0 Å². The lowest BCUT2D eigenvalue weighted by Crippen LogP contribution is -2.55. The second-order valence-electron chi connectivity index (χ2n) is 10.6. The van der Waals surface area contributed by atoms with Gasteiger partial charge in [0.05, 0.1) is 17.4 Å². The molecule has 0 aliphatic rings. The number of hydrogen-bond donors (Lipinski definition) is 1. The summed E-state index contributed by atoms with van der Waals surface area (Å²) in [5, 5.41) is 3.36. The normalized spacial score (nSPS) is 13.8. The van der Waals surface area contributed by atoms with E-state index in [9.17, 15) is 13.8 Å². The minimum atomic E-state index is -1.46. The zero-order chi connectivity index (χ0) is 29.1. The molecule has 1 N–H and O–H groups in total. The molecule has 4 aromatic rings. The molecule has 0 aliphatic heterocycles. The van der Waals surface area contributed by atoms with Crippen molar-refractivity contribution in [1.29, 1.82) is 0 Å². The van der Waals surface area contributed by atoms with Gasteiger partial charge in [0, 0.05) is 18.8 Å². The van der Waals surface area contributed by atoms with Crippen LogP contribution in [0.4, 0.5) is 4.79 Å². The van der Waals surface area contributed by atoms with E-state index < -0.39 is 34.2 Å². The van der Waals surface area contributed by atoms with Crippen molar-refractivity contribution >= 4 is 34.1 Å². The Labute approximate surface area is 236 Å². The van der Waals surface area contributed by atoms with E-state index in [2.05, 4.69) is 10.3 Å². The van der Waals surface area contributed by atoms with E-state index in [-0.39, 0.29) is 6.42 Å². The van der Waals surface area contributed by atoms with Gasteiger partial charge in [-0.15, -0.1) is 0 Å². The van der Waals surface area contributed by atoms with Crippen molar-refractivity contribution < 1.29 is 28.0 Å². The summed E-state index contributed by atoms with van der Waals surface area (Å²) in [6.07, 6.45) is 2.80. The molecule has 4 rings (SSSR count). The Morgan fingerprint density at radius 3 is 2.27 bits per heavy atom. The third kappa shape index (κ3) is 6.69. The lowest BCUT2D eigenvalue weighted by atomic mass is 9.93. The van der Waals surface area contributed by atoms with Crippen LogP contribution in [0.15, 0.2) is 78.0 Å². The fourth-order valence-electron chi connectivity index (χ4n) is 4.11. The first-order valence-corrected chi connectivity index (χ1v) is 13.8. The molecule has 0 saturated carbocycles. The van der Waals surface area contributed by atoms with Gasteiger partial charge in [0.2, 0.25) is 0 Å². The molecule has 0 spiro atoms. The van der Waals surface area contributed by atoms with Crippen molar-refractivity contribution in [2.45, 2.75) is 57.1 Å². The van der Waals surface area contributed by atoms with Crippen molar-refractivity contribution in [2.75, 3.05) is 7.11 Å². The van der Waals surface area contributed by atoms with Gasteiger partial charge < -0.3 is 19.5 Å². The molecule has 9 nitrogen and oxygen atoms in total. The van der Waals surface area contributed by atoms with E-state index in [1.54, 1.807) is 62.3 Å². The number of methoxy groups -OCH3 is 1. The molecular weight excluding hydrogens is 530 g/mol. The molecule has 0 aliphatic carbocycles. The van der Waals surface area contributed by atoms with Crippen molar-refractivity contribution in [2.24, 2.45) is 0 Å². The van der Waals surface area contributed by atoms with E-state index in [4.69, 9.17) is 14.2 Å². The number of rotatable bonds is 8. The predicted molar refractivity (Wildman–Crippen MR) is 153 cm³/mol. The molecule has 0 fully saturated rings. The van der Waals surface area contributed by atoms with Crippen LogP contribution in [-0.2, 0) is 31.7 Å². The SMILES string of the molecule is COC(=O)C(C)(Cc1ccc(Oc2ccnc3c2ccn3S(=O)c2ccc(C)cc2)cc1)NC(=O)OC(C)(C)C. The van der Waals surface area contributed by atoms with E-state index in [1.165, 1.54) is 7.11 Å². The number of nitrogens with zero attached hydrogens (tertiary/aromatic N) is 2. The molecule has 0 radical (unpaired) electrons. The highest BCUT2D eigenvalue weighted by Gasteiger charge is 2.37. The maximum absolute atomic E-state index is 13.2. The van der Waals surface area contributed by atoms with Crippen LogP contribution in [0.25, 0.3) is 11.0 Å². The predicted octanol–water partition coefficient (Wildman–Crippen LogP) is 5.71. The topological polar surface area (TPSA) is 109 Å². The second-order valence-corrected chi connectivity index (χ2v) is 12.0. The molecule has 210 valence electrons. The monoisotopic (exact) mass is 563 g/mol. The highest BCUT2D eigenvalue weighted by atomic mass is 32.2. The number of nitrogens with one attached hydrogen (secondary N) is 1. The summed E-state index contributed by atoms with van der Waals surface area (Å²) in [5.41, 5.74) is 0.347. The summed E-state index contributed by atoms with van der Waals surface area (Å²) in [6.45, 7) is 8.81. The van der Waals surface area contributed by atoms with Gasteiger partial charge >= 0.3 is 12.1 Å². The zero-order valence-electron chi connectivity index (χ0n) is 23.4. The summed E-state index contributed by atoms with van der Waals surface area (Å²) < 4.78 is 31.2. The molecule has 10 heteroatoms. The van der Waals surface area contributed by atoms with Gasteiger partial charge in [0.15, 0.2) is 16.6 Å². The summed E-state index contributed by atoms with van der Waals surface area (Å²) in [7, 11) is -0.188. The number of carbonyl (C=O) groups excluding carboxylic acids is 2. The first-order chi connectivity index (χ1) is 18.9. The number of ether oxygens (including phenoxy) is 3. The summed E-state index contributed by atoms with van der Waals surface area (Å²) in [6, 6.07) is 18.3. The molecule has 2 aromatic carbocycles. The average molecular weight is 564 g/mol. The third-order valence-electron chi connectivity index (χ3n) is 6.04. The number of aromatic nitrogens is 2. The quantitative estimate of drug-likeness (QED) is 0.274. The smallest absolute Gasteiger partial charge is 0.408 e. The first-order valence-electron chi connectivity index (χ1n) is 12.7. The van der Waals surface area contributed by atoms with Gasteiger partial charge in [-0.1, -0.05) is 29.8 Å². The fraction of sp³-hybridized carbons (Fsp3) is 0.300. The van der Waals surface area contributed by atoms with Crippen LogP contribution in [0.1, 0.15) is 38.8 Å². The van der Waals surface area contributed by atoms with Crippen molar-refractivity contribution in [3.05, 3.63) is 84.2 Å². The van der Waals surface area contributed by atoms with E-state index >= 15 is 0 Å². The van der Waals surface area contributed by atoms with Crippen LogP contribution in [0.5, 0.6) is 11.5 Å². The Kier molecular flexibility index (Phi) is 8.29. The number of amides is 1. The maximum Gasteiger partial charge on any atom is 0.408 e. The largest absolute Gasteiger partial charge is 0.467 e. The number of benzene rings is 2. The van der Waals surface area contributed by atoms with Crippen LogP contribution in [0.3, 0.4) is 0 Å². The average Bonchev–Trinajstić information content (AvgIpc) is 3.33. The number of pyridine rings is 1. The van der Waals surface area contributed by atoms with E-state index in [0.29, 0.717) is 27.4 Å². The molecule has 0 saturated heterocycles. The number of esters is 1. The third-order valence-corrected chi connectivity index (χ3v) is 7.36. The van der Waals surface area contributed by atoms with Gasteiger partial charge in [-0.25, -0.2) is 22.8 Å². The number of carbonyl (C=O) groups is 2. The van der Waals surface area contributed by atoms with Crippen molar-refractivity contribution in [3.63, 3.8) is 0 Å². The minimum absolute atomic E-state index is 0.173. The van der Waals surface area contributed by atoms with Crippen molar-refractivity contribution in [3.8, 4) is 11.5 Å². The van der Waals surface area contributed by atoms with Gasteiger partial charge in [-0.2, -0.15) is 0 Å². The van der Waals surface area contributed by atoms with Gasteiger partial charge in [-0.05, 0) is 76.6 Å². The van der Waals surface area contributed by atoms with Gasteiger partial charge in [0.1, 0.15) is 22.6 Å². The molecule has 2 unspecified atom stereocenters. The molecular formula is C30H33N3O6S. The summed E-state index contributed by atoms with van der Waals surface area (Å²) >= 11 is 0. The Morgan fingerprint density at radius 2 is 1.65 bits per heavy atom. The number of hydrogen-bond acceptors (Lipinski definition) is 7. The van der Waals surface area contributed by atoms with Crippen molar-refractivity contribution in [1.82, 2.24) is 14.3 Å². The molecule has 2 heterocycles. The first kappa shape index (κ1) is 28.8. The number of fused-ring (bicyclic) bond motifs is 1. The molecule has 2 atom stereocenters. The van der Waals surface area contributed by atoms with Crippen LogP contribution in [-0.4, -0.2) is 43.5 Å². The Balaban J connectivity index is 1.51. The molecule has 0 bridgehead atoms. The van der Waals surface area contributed by atoms with Crippen LogP contribution in [0.2, 0.25) is 0 Å². The summed E-state index contributed by atoms with van der Waals surface area (Å²) in [5.74, 6) is 0.525. The minimum Gasteiger partial charge on any atom is -0.467 e. The molecule has 40 heavy (non-hydrogen) atoms. The lowest BCUT2D eigenvalue weighted by Gasteiger charge is -2.29. The fourth-order valence-corrected chi connectivity index (χ4v) is 5.18. The van der Waals surface area contributed by atoms with Crippen LogP contribution < -0.4 is 10.1 Å². The highest BCUT2D eigenvalue weighted by molar-refractivity contribution is 7.83. The summed E-state index contributed by atoms with van der Waals surface area (Å²) in [4.78, 5) is 30.1. The van der Waals surface area contributed by atoms with Gasteiger partial charge in [0.25, 0.3) is 0 Å². The molecule has 1 amide bonds. The highest BCUT2D eigenvalue weighted by Crippen LogP contribution is 2.31. The number of alkyl carbamates (subject to hydrolysis) is 1. The standard InChI is InChI=1S/C30H33N3O6S/c1-20-7-13-23(14-8-20)40(36)33-18-16-24-25(15-17-31-26(24)33)38-22-11-9-21(10-12-22)19-30(5,27(34)37-6)32-28(35)39-29(2,3)4/h7-18H,19H2,1-6H3,(H,32,35). The van der Waals surface area contributed by atoms with Crippen LogP contribution >= 0.6 is 0 Å². The zero-order valence-corrected chi connectivity index (χ0v) is 24.2. The van der Waals surface area contributed by atoms with E-state index in [1.807, 2.05) is 49.4 Å². The van der Waals surface area contributed by atoms with E-state index in [0.717, 1.165) is 11.1 Å². The Hall–Kier alpha value is -4.18. The second kappa shape index (κ2) is 11.5. The van der Waals surface area contributed by atoms with Crippen LogP contribution in [0, 0.1) is 6.92 Å².